The van der Waals surface area contributed by atoms with Crippen molar-refractivity contribution in [1.29, 1.82) is 0 Å². The number of carbonyl (C=O) groups excluding carboxylic acids is 1. The van der Waals surface area contributed by atoms with E-state index < -0.39 is 0 Å². The highest BCUT2D eigenvalue weighted by molar-refractivity contribution is 5.87. The molecular formula is C19H29ClO. The monoisotopic (exact) mass is 308 g/mol. The predicted molar refractivity (Wildman–Crippen MR) is 88.6 cm³/mol. The SMILES string of the molecule is C[C@]12CCCCC1=CC[C@@H]1[C@@H]2CC[C@]2(C)C(=O)CC[C@@H]12.Cl. The lowest BCUT2D eigenvalue weighted by Crippen LogP contribution is -2.49. The van der Waals surface area contributed by atoms with Gasteiger partial charge in [0.25, 0.3) is 0 Å². The Bertz CT molecular complexity index is 482. The van der Waals surface area contributed by atoms with Gasteiger partial charge in [0.15, 0.2) is 0 Å². The van der Waals surface area contributed by atoms with Crippen LogP contribution in [-0.4, -0.2) is 5.78 Å². The Labute approximate surface area is 135 Å². The van der Waals surface area contributed by atoms with E-state index in [9.17, 15) is 4.79 Å². The number of ketones is 1. The minimum absolute atomic E-state index is 0. The normalized spacial score (nSPS) is 48.6. The van der Waals surface area contributed by atoms with E-state index in [1.165, 1.54) is 51.4 Å². The molecule has 0 aromatic rings. The van der Waals surface area contributed by atoms with Crippen molar-refractivity contribution < 1.29 is 4.79 Å². The van der Waals surface area contributed by atoms with Gasteiger partial charge in [0.05, 0.1) is 0 Å². The van der Waals surface area contributed by atoms with Crippen molar-refractivity contribution in [3.8, 4) is 0 Å². The summed E-state index contributed by atoms with van der Waals surface area (Å²) >= 11 is 0. The number of rotatable bonds is 0. The summed E-state index contributed by atoms with van der Waals surface area (Å²) in [5, 5.41) is 0. The largest absolute Gasteiger partial charge is 0.299 e. The quantitative estimate of drug-likeness (QED) is 0.553. The molecule has 2 heteroatoms. The van der Waals surface area contributed by atoms with E-state index in [4.69, 9.17) is 0 Å². The van der Waals surface area contributed by atoms with E-state index >= 15 is 0 Å². The predicted octanol–water partition coefficient (Wildman–Crippen LogP) is 5.33. The first-order valence-electron chi connectivity index (χ1n) is 8.78. The molecule has 0 amide bonds. The lowest BCUT2D eigenvalue weighted by Gasteiger charge is -2.56. The molecule has 0 bridgehead atoms. The Balaban J connectivity index is 0.00000132. The van der Waals surface area contributed by atoms with Crippen molar-refractivity contribution in [2.75, 3.05) is 0 Å². The van der Waals surface area contributed by atoms with Gasteiger partial charge in [0, 0.05) is 11.8 Å². The molecule has 0 N–H and O–H groups in total. The van der Waals surface area contributed by atoms with Crippen molar-refractivity contribution in [2.24, 2.45) is 28.6 Å². The highest BCUT2D eigenvalue weighted by Crippen LogP contribution is 2.63. The maximum atomic E-state index is 12.4. The average molecular weight is 309 g/mol. The summed E-state index contributed by atoms with van der Waals surface area (Å²) in [5.74, 6) is 2.92. The molecule has 21 heavy (non-hydrogen) atoms. The van der Waals surface area contributed by atoms with Gasteiger partial charge < -0.3 is 0 Å². The minimum Gasteiger partial charge on any atom is -0.299 e. The van der Waals surface area contributed by atoms with Crippen molar-refractivity contribution in [1.82, 2.24) is 0 Å². The van der Waals surface area contributed by atoms with Gasteiger partial charge in [-0.1, -0.05) is 31.9 Å². The van der Waals surface area contributed by atoms with Crippen LogP contribution in [0.15, 0.2) is 11.6 Å². The second-order valence-electron chi connectivity index (χ2n) is 8.38. The van der Waals surface area contributed by atoms with E-state index in [0.29, 0.717) is 17.1 Å². The van der Waals surface area contributed by atoms with E-state index in [-0.39, 0.29) is 17.8 Å². The van der Waals surface area contributed by atoms with Crippen LogP contribution in [0.4, 0.5) is 0 Å². The summed E-state index contributed by atoms with van der Waals surface area (Å²) in [6, 6.07) is 0. The first-order chi connectivity index (χ1) is 9.56. The van der Waals surface area contributed by atoms with Crippen LogP contribution in [0.2, 0.25) is 0 Å². The molecule has 4 rings (SSSR count). The van der Waals surface area contributed by atoms with E-state index in [1.807, 2.05) is 0 Å². The molecule has 3 fully saturated rings. The van der Waals surface area contributed by atoms with Gasteiger partial charge >= 0.3 is 0 Å². The molecule has 0 spiro atoms. The van der Waals surface area contributed by atoms with Crippen LogP contribution in [0.5, 0.6) is 0 Å². The number of hydrogen-bond acceptors (Lipinski definition) is 1. The molecule has 0 unspecified atom stereocenters. The molecule has 0 aliphatic heterocycles. The molecule has 0 aromatic carbocycles. The zero-order valence-corrected chi connectivity index (χ0v) is 14.3. The van der Waals surface area contributed by atoms with Crippen LogP contribution in [-0.2, 0) is 4.79 Å². The second-order valence-corrected chi connectivity index (χ2v) is 8.38. The van der Waals surface area contributed by atoms with Crippen molar-refractivity contribution in [2.45, 2.75) is 71.6 Å². The summed E-state index contributed by atoms with van der Waals surface area (Å²) in [4.78, 5) is 12.4. The van der Waals surface area contributed by atoms with Crippen molar-refractivity contribution in [3.05, 3.63) is 11.6 Å². The van der Waals surface area contributed by atoms with Crippen LogP contribution >= 0.6 is 12.4 Å². The maximum Gasteiger partial charge on any atom is 0.139 e. The van der Waals surface area contributed by atoms with Crippen LogP contribution in [0, 0.1) is 28.6 Å². The summed E-state index contributed by atoms with van der Waals surface area (Å²) in [7, 11) is 0. The fourth-order valence-corrected chi connectivity index (χ4v) is 6.47. The van der Waals surface area contributed by atoms with Gasteiger partial charge in [-0.05, 0) is 68.1 Å². The molecule has 0 saturated heterocycles. The molecule has 4 aliphatic carbocycles. The highest BCUT2D eigenvalue weighted by Gasteiger charge is 2.58. The third-order valence-electron chi connectivity index (χ3n) is 7.73. The Morgan fingerprint density at radius 1 is 1.00 bits per heavy atom. The molecule has 4 aliphatic rings. The third-order valence-corrected chi connectivity index (χ3v) is 7.73. The lowest BCUT2D eigenvalue weighted by atomic mass is 9.48. The molecule has 0 radical (unpaired) electrons. The van der Waals surface area contributed by atoms with Gasteiger partial charge in [0.2, 0.25) is 0 Å². The number of hydrogen-bond donors (Lipinski definition) is 0. The van der Waals surface area contributed by atoms with Gasteiger partial charge in [-0.2, -0.15) is 0 Å². The number of allylic oxidation sites excluding steroid dienone is 2. The number of carbonyl (C=O) groups is 1. The van der Waals surface area contributed by atoms with Crippen molar-refractivity contribution >= 4 is 18.2 Å². The maximum absolute atomic E-state index is 12.4. The fraction of sp³-hybridized carbons (Fsp3) is 0.842. The summed E-state index contributed by atoms with van der Waals surface area (Å²) < 4.78 is 0. The third kappa shape index (κ3) is 1.99. The molecule has 118 valence electrons. The fourth-order valence-electron chi connectivity index (χ4n) is 6.47. The first-order valence-corrected chi connectivity index (χ1v) is 8.78. The van der Waals surface area contributed by atoms with Gasteiger partial charge in [-0.3, -0.25) is 4.79 Å². The van der Waals surface area contributed by atoms with Crippen molar-refractivity contribution in [3.63, 3.8) is 0 Å². The molecule has 3 saturated carbocycles. The Morgan fingerprint density at radius 3 is 2.57 bits per heavy atom. The van der Waals surface area contributed by atoms with Crippen LogP contribution in [0.3, 0.4) is 0 Å². The smallest absolute Gasteiger partial charge is 0.139 e. The van der Waals surface area contributed by atoms with Gasteiger partial charge in [-0.25, -0.2) is 0 Å². The summed E-state index contributed by atoms with van der Waals surface area (Å²) in [6.45, 7) is 4.83. The second kappa shape index (κ2) is 5.11. The Morgan fingerprint density at radius 2 is 1.76 bits per heavy atom. The van der Waals surface area contributed by atoms with Crippen LogP contribution < -0.4 is 0 Å². The van der Waals surface area contributed by atoms with Crippen LogP contribution in [0.1, 0.15) is 71.6 Å². The van der Waals surface area contributed by atoms with E-state index in [2.05, 4.69) is 19.9 Å². The zero-order valence-electron chi connectivity index (χ0n) is 13.5. The number of halogens is 1. The average Bonchev–Trinajstić information content (AvgIpc) is 2.74. The molecule has 1 nitrogen and oxygen atoms in total. The lowest BCUT2D eigenvalue weighted by molar-refractivity contribution is -0.131. The Kier molecular flexibility index (Phi) is 3.80. The van der Waals surface area contributed by atoms with Gasteiger partial charge in [-0.15, -0.1) is 12.4 Å². The summed E-state index contributed by atoms with van der Waals surface area (Å²) in [6.07, 6.45) is 13.9. The van der Waals surface area contributed by atoms with Gasteiger partial charge in [0.1, 0.15) is 5.78 Å². The summed E-state index contributed by atoms with van der Waals surface area (Å²) in [5.41, 5.74) is 2.30. The van der Waals surface area contributed by atoms with Crippen LogP contribution in [0.25, 0.3) is 0 Å². The first kappa shape index (κ1) is 15.6. The molecular weight excluding hydrogens is 280 g/mol. The van der Waals surface area contributed by atoms with E-state index in [1.54, 1.807) is 5.57 Å². The highest BCUT2D eigenvalue weighted by atomic mass is 35.5. The number of fused-ring (bicyclic) bond motifs is 5. The zero-order chi connectivity index (χ0) is 14.0. The minimum atomic E-state index is 0. The number of Topliss-reactive ketones (excluding diaryl/α,β-unsaturated/α-hetero) is 1. The topological polar surface area (TPSA) is 17.1 Å². The molecule has 0 aromatic heterocycles. The molecule has 0 heterocycles. The Hall–Kier alpha value is -0.300. The van der Waals surface area contributed by atoms with E-state index in [0.717, 1.165) is 18.3 Å². The standard InChI is InChI=1S/C19H28O.ClH/c1-18-11-4-3-5-13(18)6-7-14-15-8-9-17(20)19(15,2)12-10-16(14)18;/h6,14-16H,3-5,7-12H2,1-2H3;1H/t14-,15-,16-,18-,19-;/m0./s1. The molecule has 5 atom stereocenters.